The van der Waals surface area contributed by atoms with E-state index in [0.717, 1.165) is 44.0 Å². The Morgan fingerprint density at radius 1 is 1.28 bits per heavy atom. The van der Waals surface area contributed by atoms with Gasteiger partial charge in [-0.1, -0.05) is 6.07 Å². The number of likely N-dealkylation sites (tertiary alicyclic amines) is 1. The molecule has 1 amide bonds. The molecule has 1 N–H and O–H groups in total. The molecule has 140 valence electrons. The van der Waals surface area contributed by atoms with Gasteiger partial charge in [-0.05, 0) is 62.3 Å². The maximum absolute atomic E-state index is 13.7. The minimum Gasteiger partial charge on any atom is -0.494 e. The summed E-state index contributed by atoms with van der Waals surface area (Å²) in [6, 6.07) is 5.46. The number of hydrogen-bond acceptors (Lipinski definition) is 3. The second-order valence-electron chi connectivity index (χ2n) is 6.98. The van der Waals surface area contributed by atoms with Crippen molar-refractivity contribution in [3.63, 3.8) is 0 Å². The van der Waals surface area contributed by atoms with Crippen molar-refractivity contribution in [2.45, 2.75) is 44.6 Å². The first-order valence-corrected chi connectivity index (χ1v) is 8.99. The fourth-order valence-electron chi connectivity index (χ4n) is 3.26. The molecule has 0 bridgehead atoms. The topological polar surface area (TPSA) is 41.6 Å². The Bertz CT molecular complexity index is 573. The van der Waals surface area contributed by atoms with Gasteiger partial charge in [0.05, 0.1) is 7.11 Å². The van der Waals surface area contributed by atoms with Crippen molar-refractivity contribution in [1.82, 2.24) is 10.2 Å². The van der Waals surface area contributed by atoms with Crippen LogP contribution in [0.2, 0.25) is 0 Å². The number of carbonyl (C=O) groups is 1. The molecule has 1 aromatic carbocycles. The van der Waals surface area contributed by atoms with Gasteiger partial charge in [0, 0.05) is 25.6 Å². The van der Waals surface area contributed by atoms with Crippen LogP contribution in [-0.4, -0.2) is 43.6 Å². The van der Waals surface area contributed by atoms with E-state index in [0.29, 0.717) is 18.9 Å². The van der Waals surface area contributed by atoms with E-state index in [9.17, 15) is 9.18 Å². The Balaban J connectivity index is 0.00000225. The van der Waals surface area contributed by atoms with Crippen LogP contribution in [0.3, 0.4) is 0 Å². The molecule has 0 aromatic heterocycles. The summed E-state index contributed by atoms with van der Waals surface area (Å²) in [6.07, 6.45) is 5.82. The SMILES string of the molecule is COc1ccc(CCC(=O)N2CCC(NCC3CC3)CC2)cc1F.Cl. The average molecular weight is 371 g/mol. The van der Waals surface area contributed by atoms with Crippen molar-refractivity contribution in [2.75, 3.05) is 26.7 Å². The van der Waals surface area contributed by atoms with Gasteiger partial charge in [-0.25, -0.2) is 4.39 Å². The van der Waals surface area contributed by atoms with Crippen molar-refractivity contribution < 1.29 is 13.9 Å². The molecule has 2 aliphatic rings. The summed E-state index contributed by atoms with van der Waals surface area (Å²) in [6.45, 7) is 2.80. The van der Waals surface area contributed by atoms with Crippen LogP contribution >= 0.6 is 12.4 Å². The molecule has 1 aliphatic carbocycles. The highest BCUT2D eigenvalue weighted by Crippen LogP contribution is 2.28. The molecule has 0 spiro atoms. The zero-order valence-corrected chi connectivity index (χ0v) is 15.6. The smallest absolute Gasteiger partial charge is 0.222 e. The number of rotatable bonds is 7. The molecular formula is C19H28ClFN2O2. The minimum atomic E-state index is -0.370. The number of methoxy groups -OCH3 is 1. The van der Waals surface area contributed by atoms with Gasteiger partial charge in [-0.15, -0.1) is 12.4 Å². The molecule has 1 aromatic rings. The third-order valence-electron chi connectivity index (χ3n) is 5.08. The molecule has 0 radical (unpaired) electrons. The third-order valence-corrected chi connectivity index (χ3v) is 5.08. The van der Waals surface area contributed by atoms with Crippen LogP contribution < -0.4 is 10.1 Å². The first-order valence-electron chi connectivity index (χ1n) is 8.99. The highest BCUT2D eigenvalue weighted by atomic mass is 35.5. The number of carbonyl (C=O) groups excluding carboxylic acids is 1. The molecule has 6 heteroatoms. The molecular weight excluding hydrogens is 343 g/mol. The molecule has 0 atom stereocenters. The maximum atomic E-state index is 13.7. The Labute approximate surface area is 155 Å². The Morgan fingerprint density at radius 3 is 2.60 bits per heavy atom. The monoisotopic (exact) mass is 370 g/mol. The Morgan fingerprint density at radius 2 is 2.00 bits per heavy atom. The van der Waals surface area contributed by atoms with Crippen LogP contribution in [0, 0.1) is 11.7 Å². The zero-order valence-electron chi connectivity index (χ0n) is 14.8. The number of halogens is 2. The Hall–Kier alpha value is -1.33. The standard InChI is InChI=1S/C19H27FN2O2.ClH/c1-24-18-6-4-14(12-17(18)20)5-7-19(23)22-10-8-16(9-11-22)21-13-15-2-3-15;/h4,6,12,15-16,21H,2-3,5,7-11,13H2,1H3;1H. The molecule has 1 saturated carbocycles. The summed E-state index contributed by atoms with van der Waals surface area (Å²) in [7, 11) is 1.45. The molecule has 1 heterocycles. The van der Waals surface area contributed by atoms with E-state index in [4.69, 9.17) is 4.74 Å². The van der Waals surface area contributed by atoms with Gasteiger partial charge in [-0.2, -0.15) is 0 Å². The summed E-state index contributed by atoms with van der Waals surface area (Å²) in [5.41, 5.74) is 0.836. The van der Waals surface area contributed by atoms with Crippen molar-refractivity contribution in [2.24, 2.45) is 5.92 Å². The maximum Gasteiger partial charge on any atom is 0.222 e. The van der Waals surface area contributed by atoms with Crippen LogP contribution in [0.4, 0.5) is 4.39 Å². The first kappa shape index (κ1) is 20.0. The van der Waals surface area contributed by atoms with Gasteiger partial charge < -0.3 is 15.0 Å². The normalized spacial score (nSPS) is 17.9. The average Bonchev–Trinajstić information content (AvgIpc) is 3.43. The second-order valence-corrected chi connectivity index (χ2v) is 6.98. The van der Waals surface area contributed by atoms with E-state index in [2.05, 4.69) is 5.32 Å². The quantitative estimate of drug-likeness (QED) is 0.801. The van der Waals surface area contributed by atoms with E-state index < -0.39 is 0 Å². The highest BCUT2D eigenvalue weighted by Gasteiger charge is 2.25. The Kier molecular flexibility index (Phi) is 7.51. The van der Waals surface area contributed by atoms with E-state index in [1.807, 2.05) is 11.0 Å². The van der Waals surface area contributed by atoms with Crippen LogP contribution in [0.15, 0.2) is 18.2 Å². The van der Waals surface area contributed by atoms with Crippen molar-refractivity contribution in [1.29, 1.82) is 0 Å². The van der Waals surface area contributed by atoms with Gasteiger partial charge in [0.2, 0.25) is 5.91 Å². The number of aryl methyl sites for hydroxylation is 1. The summed E-state index contributed by atoms with van der Waals surface area (Å²) in [5.74, 6) is 0.942. The number of ether oxygens (including phenoxy) is 1. The van der Waals surface area contributed by atoms with E-state index in [1.165, 1.54) is 26.0 Å². The number of amides is 1. The lowest BCUT2D eigenvalue weighted by Crippen LogP contribution is -2.45. The summed E-state index contributed by atoms with van der Waals surface area (Å²) < 4.78 is 18.6. The van der Waals surface area contributed by atoms with Gasteiger partial charge >= 0.3 is 0 Å². The lowest BCUT2D eigenvalue weighted by atomic mass is 10.0. The molecule has 2 fully saturated rings. The number of piperidine rings is 1. The van der Waals surface area contributed by atoms with Crippen molar-refractivity contribution in [3.05, 3.63) is 29.6 Å². The number of nitrogens with one attached hydrogen (secondary N) is 1. The summed E-state index contributed by atoms with van der Waals surface area (Å²) in [4.78, 5) is 14.3. The molecule has 3 rings (SSSR count). The van der Waals surface area contributed by atoms with Gasteiger partial charge in [0.25, 0.3) is 0 Å². The number of hydrogen-bond donors (Lipinski definition) is 1. The van der Waals surface area contributed by atoms with Crippen LogP contribution in [0.1, 0.15) is 37.7 Å². The van der Waals surface area contributed by atoms with E-state index in [1.54, 1.807) is 6.07 Å². The zero-order chi connectivity index (χ0) is 16.9. The minimum absolute atomic E-state index is 0. The second kappa shape index (κ2) is 9.39. The number of nitrogens with zero attached hydrogens (tertiary/aromatic N) is 1. The molecule has 0 unspecified atom stereocenters. The van der Waals surface area contributed by atoms with E-state index in [-0.39, 0.29) is 29.9 Å². The van der Waals surface area contributed by atoms with E-state index >= 15 is 0 Å². The van der Waals surface area contributed by atoms with Crippen LogP contribution in [0.5, 0.6) is 5.75 Å². The summed E-state index contributed by atoms with van der Waals surface area (Å²) >= 11 is 0. The van der Waals surface area contributed by atoms with Gasteiger partial charge in [0.15, 0.2) is 11.6 Å². The molecule has 1 saturated heterocycles. The molecule has 25 heavy (non-hydrogen) atoms. The third kappa shape index (κ3) is 5.86. The van der Waals surface area contributed by atoms with Crippen molar-refractivity contribution in [3.8, 4) is 5.75 Å². The lowest BCUT2D eigenvalue weighted by Gasteiger charge is -2.32. The molecule has 1 aliphatic heterocycles. The van der Waals surface area contributed by atoms with Crippen molar-refractivity contribution >= 4 is 18.3 Å². The highest BCUT2D eigenvalue weighted by molar-refractivity contribution is 5.85. The van der Waals surface area contributed by atoms with Crippen LogP contribution in [-0.2, 0) is 11.2 Å². The predicted octanol–water partition coefficient (Wildman–Crippen LogP) is 3.18. The number of benzene rings is 1. The fraction of sp³-hybridized carbons (Fsp3) is 0.632. The van der Waals surface area contributed by atoms with Gasteiger partial charge in [0.1, 0.15) is 0 Å². The lowest BCUT2D eigenvalue weighted by molar-refractivity contribution is -0.132. The van der Waals surface area contributed by atoms with Gasteiger partial charge in [-0.3, -0.25) is 4.79 Å². The largest absolute Gasteiger partial charge is 0.494 e. The van der Waals surface area contributed by atoms with Crippen LogP contribution in [0.25, 0.3) is 0 Å². The predicted molar refractivity (Wildman–Crippen MR) is 98.8 cm³/mol. The first-order chi connectivity index (χ1) is 11.7. The fourth-order valence-corrected chi connectivity index (χ4v) is 3.26. The molecule has 4 nitrogen and oxygen atoms in total. The summed E-state index contributed by atoms with van der Waals surface area (Å²) in [5, 5.41) is 3.63.